The highest BCUT2D eigenvalue weighted by molar-refractivity contribution is 7.98. The molecule has 3 heterocycles. The number of nitrogens with zero attached hydrogens (tertiary/aromatic N) is 4. The topological polar surface area (TPSA) is 72.3 Å². The first-order valence-corrected chi connectivity index (χ1v) is 12.9. The molecule has 1 fully saturated rings. The van der Waals surface area contributed by atoms with Crippen molar-refractivity contribution >= 4 is 28.8 Å². The molecule has 0 bridgehead atoms. The van der Waals surface area contributed by atoms with Gasteiger partial charge >= 0.3 is 0 Å². The highest BCUT2D eigenvalue weighted by atomic mass is 32.2. The summed E-state index contributed by atoms with van der Waals surface area (Å²) in [7, 11) is 0. The van der Waals surface area contributed by atoms with Gasteiger partial charge in [0.25, 0.3) is 5.91 Å². The molecule has 1 amide bonds. The molecule has 4 aromatic rings. The number of ether oxygens (including phenoxy) is 1. The van der Waals surface area contributed by atoms with Gasteiger partial charge in [-0.15, -0.1) is 0 Å². The Labute approximate surface area is 209 Å². The number of nitrogens with one attached hydrogen (secondary N) is 1. The molecule has 0 atom stereocenters. The number of thioether (sulfide) groups is 1. The number of carbonyl (C=O) groups is 1. The second kappa shape index (κ2) is 11.5. The van der Waals surface area contributed by atoms with E-state index in [4.69, 9.17) is 9.72 Å². The molecule has 1 N–H and O–H groups in total. The Kier molecular flexibility index (Phi) is 7.72. The predicted octanol–water partition coefficient (Wildman–Crippen LogP) is 3.83. The van der Waals surface area contributed by atoms with Crippen LogP contribution in [0.25, 0.3) is 11.2 Å². The molecule has 0 unspecified atom stereocenters. The van der Waals surface area contributed by atoms with Crippen LogP contribution in [-0.4, -0.2) is 64.7 Å². The number of rotatable bonds is 9. The van der Waals surface area contributed by atoms with E-state index in [1.807, 2.05) is 42.5 Å². The monoisotopic (exact) mass is 487 g/mol. The van der Waals surface area contributed by atoms with Gasteiger partial charge in [-0.3, -0.25) is 14.3 Å². The van der Waals surface area contributed by atoms with Gasteiger partial charge in [0, 0.05) is 43.7 Å². The van der Waals surface area contributed by atoms with E-state index in [-0.39, 0.29) is 5.91 Å². The average Bonchev–Trinajstić information content (AvgIpc) is 3.26. The van der Waals surface area contributed by atoms with Crippen molar-refractivity contribution < 1.29 is 9.53 Å². The first-order chi connectivity index (χ1) is 17.3. The van der Waals surface area contributed by atoms with Gasteiger partial charge < -0.3 is 10.1 Å². The normalized spacial score (nSPS) is 14.3. The molecule has 0 saturated carbocycles. The number of morpholine rings is 1. The quantitative estimate of drug-likeness (QED) is 0.362. The van der Waals surface area contributed by atoms with Crippen molar-refractivity contribution in [3.8, 4) is 0 Å². The maximum absolute atomic E-state index is 12.6. The van der Waals surface area contributed by atoms with E-state index in [0.717, 1.165) is 60.5 Å². The zero-order valence-corrected chi connectivity index (χ0v) is 20.4. The fourth-order valence-corrected chi connectivity index (χ4v) is 5.07. The van der Waals surface area contributed by atoms with Crippen LogP contribution >= 0.6 is 11.8 Å². The van der Waals surface area contributed by atoms with Gasteiger partial charge in [-0.2, -0.15) is 0 Å². The molecule has 5 rings (SSSR count). The minimum Gasteiger partial charge on any atom is -0.379 e. The van der Waals surface area contributed by atoms with E-state index >= 15 is 0 Å². The lowest BCUT2D eigenvalue weighted by Gasteiger charge is -2.26. The fourth-order valence-electron chi connectivity index (χ4n) is 4.11. The second-order valence-corrected chi connectivity index (χ2v) is 9.45. The number of aromatic nitrogens is 3. The van der Waals surface area contributed by atoms with Gasteiger partial charge in [0.2, 0.25) is 0 Å². The van der Waals surface area contributed by atoms with Gasteiger partial charge in [-0.25, -0.2) is 9.97 Å². The molecule has 180 valence electrons. The van der Waals surface area contributed by atoms with E-state index in [1.54, 1.807) is 18.0 Å². The number of imidazole rings is 1. The minimum absolute atomic E-state index is 0.0429. The third-order valence-electron chi connectivity index (χ3n) is 6.05. The zero-order valence-electron chi connectivity index (χ0n) is 19.6. The van der Waals surface area contributed by atoms with Crippen molar-refractivity contribution in [1.29, 1.82) is 0 Å². The van der Waals surface area contributed by atoms with Crippen molar-refractivity contribution in [1.82, 2.24) is 24.8 Å². The molecule has 0 radical (unpaired) electrons. The summed E-state index contributed by atoms with van der Waals surface area (Å²) in [4.78, 5) is 24.3. The first-order valence-electron chi connectivity index (χ1n) is 11.9. The van der Waals surface area contributed by atoms with Crippen LogP contribution in [0.3, 0.4) is 0 Å². The molecular formula is C27H29N5O2S. The lowest BCUT2D eigenvalue weighted by molar-refractivity contribution is 0.0383. The second-order valence-electron chi connectivity index (χ2n) is 8.51. The molecule has 35 heavy (non-hydrogen) atoms. The number of hydrogen-bond acceptors (Lipinski definition) is 6. The molecule has 2 aromatic carbocycles. The number of fused-ring (bicyclic) bond motifs is 1. The summed E-state index contributed by atoms with van der Waals surface area (Å²) >= 11 is 1.71. The lowest BCUT2D eigenvalue weighted by Crippen LogP contribution is -2.41. The Morgan fingerprint density at radius 2 is 1.77 bits per heavy atom. The molecular weight excluding hydrogens is 458 g/mol. The summed E-state index contributed by atoms with van der Waals surface area (Å²) in [6, 6.07) is 22.1. The Hall–Kier alpha value is -3.20. The summed E-state index contributed by atoms with van der Waals surface area (Å²) in [6.45, 7) is 5.51. The summed E-state index contributed by atoms with van der Waals surface area (Å²) in [5.41, 5.74) is 4.78. The van der Waals surface area contributed by atoms with Crippen LogP contribution in [0.2, 0.25) is 0 Å². The SMILES string of the molecule is O=C(NCCN1CCOCC1)c1ccc(Cn2c(SCc3ccccc3)nc3cccnc32)cc1. The van der Waals surface area contributed by atoms with Crippen molar-refractivity contribution in [2.45, 2.75) is 17.5 Å². The third-order valence-corrected chi connectivity index (χ3v) is 7.10. The van der Waals surface area contributed by atoms with Crippen molar-refractivity contribution in [2.75, 3.05) is 39.4 Å². The Balaban J connectivity index is 1.24. The largest absolute Gasteiger partial charge is 0.379 e. The molecule has 1 aliphatic rings. The van der Waals surface area contributed by atoms with E-state index in [9.17, 15) is 4.79 Å². The van der Waals surface area contributed by atoms with E-state index in [2.05, 4.69) is 44.0 Å². The summed E-state index contributed by atoms with van der Waals surface area (Å²) in [5, 5.41) is 3.96. The Morgan fingerprint density at radius 3 is 2.57 bits per heavy atom. The van der Waals surface area contributed by atoms with Gasteiger partial charge in [0.15, 0.2) is 10.8 Å². The standard InChI is InChI=1S/C27H29N5O2S/c33-26(29-13-14-31-15-17-34-18-16-31)23-10-8-21(9-11-23)19-32-25-24(7-4-12-28-25)30-27(32)35-20-22-5-2-1-3-6-22/h1-12H,13-20H2,(H,29,33). The Bertz CT molecular complexity index is 1250. The van der Waals surface area contributed by atoms with Crippen molar-refractivity contribution in [2.24, 2.45) is 0 Å². The summed E-state index contributed by atoms with van der Waals surface area (Å²) in [6.07, 6.45) is 1.80. The predicted molar refractivity (Wildman–Crippen MR) is 139 cm³/mol. The molecule has 1 saturated heterocycles. The van der Waals surface area contributed by atoms with E-state index in [1.165, 1.54) is 5.56 Å². The maximum Gasteiger partial charge on any atom is 0.251 e. The summed E-state index contributed by atoms with van der Waals surface area (Å²) < 4.78 is 7.52. The minimum atomic E-state index is -0.0429. The highest BCUT2D eigenvalue weighted by Crippen LogP contribution is 2.27. The van der Waals surface area contributed by atoms with Gasteiger partial charge in [0.1, 0.15) is 5.52 Å². The molecule has 8 heteroatoms. The number of carbonyl (C=O) groups excluding carboxylic acids is 1. The smallest absolute Gasteiger partial charge is 0.251 e. The van der Waals surface area contributed by atoms with Gasteiger partial charge in [-0.05, 0) is 35.4 Å². The van der Waals surface area contributed by atoms with E-state index < -0.39 is 0 Å². The van der Waals surface area contributed by atoms with Gasteiger partial charge in [0.05, 0.1) is 19.8 Å². The van der Waals surface area contributed by atoms with Crippen LogP contribution in [0, 0.1) is 0 Å². The van der Waals surface area contributed by atoms with Crippen LogP contribution in [0.15, 0.2) is 78.1 Å². The molecule has 7 nitrogen and oxygen atoms in total. The van der Waals surface area contributed by atoms with Gasteiger partial charge in [-0.1, -0.05) is 54.2 Å². The number of pyridine rings is 1. The molecule has 1 aliphatic heterocycles. The molecule has 0 spiro atoms. The maximum atomic E-state index is 12.6. The first kappa shape index (κ1) is 23.5. The number of hydrogen-bond donors (Lipinski definition) is 1. The van der Waals surface area contributed by atoms with Crippen LogP contribution in [-0.2, 0) is 17.0 Å². The van der Waals surface area contributed by atoms with Crippen LogP contribution < -0.4 is 5.32 Å². The van der Waals surface area contributed by atoms with Crippen molar-refractivity contribution in [3.63, 3.8) is 0 Å². The van der Waals surface area contributed by atoms with Crippen molar-refractivity contribution in [3.05, 3.63) is 89.6 Å². The number of benzene rings is 2. The number of amides is 1. The fraction of sp³-hybridized carbons (Fsp3) is 0.296. The highest BCUT2D eigenvalue weighted by Gasteiger charge is 2.14. The van der Waals surface area contributed by atoms with E-state index in [0.29, 0.717) is 18.7 Å². The van der Waals surface area contributed by atoms with Crippen LogP contribution in [0.1, 0.15) is 21.5 Å². The van der Waals surface area contributed by atoms with Crippen LogP contribution in [0.4, 0.5) is 0 Å². The zero-order chi connectivity index (χ0) is 23.9. The Morgan fingerprint density at radius 1 is 0.971 bits per heavy atom. The average molecular weight is 488 g/mol. The third kappa shape index (κ3) is 6.08. The lowest BCUT2D eigenvalue weighted by atomic mass is 10.1. The summed E-state index contributed by atoms with van der Waals surface area (Å²) in [5.74, 6) is 0.798. The van der Waals surface area contributed by atoms with Crippen LogP contribution in [0.5, 0.6) is 0 Å². The molecule has 0 aliphatic carbocycles. The molecule has 2 aromatic heterocycles.